The summed E-state index contributed by atoms with van der Waals surface area (Å²) in [6.07, 6.45) is 4.82. The van der Waals surface area contributed by atoms with Crippen molar-refractivity contribution in [3.63, 3.8) is 0 Å². The molecule has 4 aromatic heterocycles. The Labute approximate surface area is 143 Å². The first-order valence-corrected chi connectivity index (χ1v) is 7.52. The van der Waals surface area contributed by atoms with Crippen molar-refractivity contribution in [2.45, 2.75) is 0 Å². The molecule has 0 atom stereocenters. The van der Waals surface area contributed by atoms with Crippen LogP contribution in [0.25, 0.3) is 34.0 Å². The fourth-order valence-corrected chi connectivity index (χ4v) is 2.61. The molecule has 4 heterocycles. The van der Waals surface area contributed by atoms with Crippen LogP contribution in [-0.2, 0) is 0 Å². The number of nitrogens with zero attached hydrogens (tertiary/aromatic N) is 3. The number of nitrogens with two attached hydrogens (primary N) is 1. The first-order valence-electron chi connectivity index (χ1n) is 7.52. The minimum Gasteiger partial charge on any atom is -0.481 e. The zero-order valence-corrected chi connectivity index (χ0v) is 13.3. The predicted octanol–water partition coefficient (Wildman–Crippen LogP) is 3.65. The number of rotatable bonds is 4. The van der Waals surface area contributed by atoms with Crippen LogP contribution in [0.5, 0.6) is 5.88 Å². The number of anilines is 1. The summed E-state index contributed by atoms with van der Waals surface area (Å²) >= 11 is 0. The SMILES string of the molecule is COc1cc(-c2c(-c3ccco3)nc(N)nc2-c2ccco2)ccn1. The molecule has 124 valence electrons. The number of hydrogen-bond donors (Lipinski definition) is 1. The Hall–Kier alpha value is -3.61. The molecule has 0 fully saturated rings. The highest BCUT2D eigenvalue weighted by molar-refractivity contribution is 5.89. The van der Waals surface area contributed by atoms with Crippen LogP contribution in [0.2, 0.25) is 0 Å². The van der Waals surface area contributed by atoms with Gasteiger partial charge in [0.25, 0.3) is 0 Å². The van der Waals surface area contributed by atoms with E-state index in [4.69, 9.17) is 19.3 Å². The maximum absolute atomic E-state index is 5.93. The molecule has 0 radical (unpaired) electrons. The zero-order chi connectivity index (χ0) is 17.2. The zero-order valence-electron chi connectivity index (χ0n) is 13.3. The molecule has 4 rings (SSSR count). The number of ether oxygens (including phenoxy) is 1. The molecule has 0 bridgehead atoms. The number of nitrogen functional groups attached to an aromatic ring is 1. The maximum atomic E-state index is 5.93. The Morgan fingerprint density at radius 2 is 1.60 bits per heavy atom. The molecule has 0 amide bonds. The second-order valence-corrected chi connectivity index (χ2v) is 5.20. The molecular formula is C18H14N4O3. The second-order valence-electron chi connectivity index (χ2n) is 5.20. The average molecular weight is 334 g/mol. The van der Waals surface area contributed by atoms with Crippen molar-refractivity contribution in [3.05, 3.63) is 55.1 Å². The van der Waals surface area contributed by atoms with Gasteiger partial charge >= 0.3 is 0 Å². The minimum atomic E-state index is 0.127. The molecule has 4 aromatic rings. The van der Waals surface area contributed by atoms with E-state index in [2.05, 4.69) is 15.0 Å². The van der Waals surface area contributed by atoms with Gasteiger partial charge in [0.2, 0.25) is 11.8 Å². The van der Waals surface area contributed by atoms with E-state index in [1.165, 1.54) is 0 Å². The van der Waals surface area contributed by atoms with Crippen LogP contribution in [0.4, 0.5) is 5.95 Å². The van der Waals surface area contributed by atoms with Crippen molar-refractivity contribution in [2.75, 3.05) is 12.8 Å². The second kappa shape index (κ2) is 6.12. The van der Waals surface area contributed by atoms with Crippen LogP contribution in [0.1, 0.15) is 0 Å². The van der Waals surface area contributed by atoms with E-state index >= 15 is 0 Å². The smallest absolute Gasteiger partial charge is 0.221 e. The molecule has 0 saturated carbocycles. The topological polar surface area (TPSA) is 100 Å². The van der Waals surface area contributed by atoms with E-state index in [1.807, 2.05) is 18.2 Å². The standard InChI is InChI=1S/C18H14N4O3/c1-23-14-10-11(6-7-20-14)15-16(12-4-2-8-24-12)21-18(19)22-17(15)13-5-3-9-25-13/h2-10H,1H3,(H2,19,21,22). The summed E-state index contributed by atoms with van der Waals surface area (Å²) in [5.41, 5.74) is 8.60. The summed E-state index contributed by atoms with van der Waals surface area (Å²) in [7, 11) is 1.56. The predicted molar refractivity (Wildman–Crippen MR) is 91.6 cm³/mol. The van der Waals surface area contributed by atoms with Crippen molar-refractivity contribution in [1.82, 2.24) is 15.0 Å². The molecule has 25 heavy (non-hydrogen) atoms. The average Bonchev–Trinajstić information content (AvgIpc) is 3.34. The summed E-state index contributed by atoms with van der Waals surface area (Å²) < 4.78 is 16.3. The molecule has 7 heteroatoms. The monoisotopic (exact) mass is 334 g/mol. The Morgan fingerprint density at radius 3 is 2.12 bits per heavy atom. The van der Waals surface area contributed by atoms with Crippen LogP contribution in [0.15, 0.2) is 64.0 Å². The first kappa shape index (κ1) is 14.9. The van der Waals surface area contributed by atoms with Gasteiger partial charge in [-0.05, 0) is 35.9 Å². The highest BCUT2D eigenvalue weighted by Crippen LogP contribution is 2.39. The third kappa shape index (κ3) is 2.72. The lowest BCUT2D eigenvalue weighted by atomic mass is 10.00. The summed E-state index contributed by atoms with van der Waals surface area (Å²) in [6.45, 7) is 0. The first-order chi connectivity index (χ1) is 12.3. The number of hydrogen-bond acceptors (Lipinski definition) is 7. The van der Waals surface area contributed by atoms with Crippen molar-refractivity contribution in [3.8, 4) is 39.9 Å². The number of methoxy groups -OCH3 is 1. The van der Waals surface area contributed by atoms with Crippen LogP contribution < -0.4 is 10.5 Å². The highest BCUT2D eigenvalue weighted by Gasteiger charge is 2.21. The van der Waals surface area contributed by atoms with Gasteiger partial charge in [-0.15, -0.1) is 0 Å². The molecule has 0 spiro atoms. The molecular weight excluding hydrogens is 320 g/mol. The summed E-state index contributed by atoms with van der Waals surface area (Å²) in [5.74, 6) is 1.76. The molecule has 0 aromatic carbocycles. The Bertz CT molecular complexity index is 940. The quantitative estimate of drug-likeness (QED) is 0.608. The van der Waals surface area contributed by atoms with Gasteiger partial charge < -0.3 is 19.3 Å². The van der Waals surface area contributed by atoms with Gasteiger partial charge in [0.1, 0.15) is 11.4 Å². The van der Waals surface area contributed by atoms with E-state index < -0.39 is 0 Å². The Kier molecular flexibility index (Phi) is 3.66. The van der Waals surface area contributed by atoms with Crippen molar-refractivity contribution < 1.29 is 13.6 Å². The van der Waals surface area contributed by atoms with E-state index in [0.29, 0.717) is 28.8 Å². The largest absolute Gasteiger partial charge is 0.481 e. The van der Waals surface area contributed by atoms with Gasteiger partial charge in [-0.3, -0.25) is 0 Å². The lowest BCUT2D eigenvalue weighted by Crippen LogP contribution is -2.02. The van der Waals surface area contributed by atoms with E-state index in [1.54, 1.807) is 44.0 Å². The van der Waals surface area contributed by atoms with Crippen LogP contribution >= 0.6 is 0 Å². The summed E-state index contributed by atoms with van der Waals surface area (Å²) in [6, 6.07) is 10.9. The van der Waals surface area contributed by atoms with Crippen LogP contribution in [0, 0.1) is 0 Å². The fraction of sp³-hybridized carbons (Fsp3) is 0.0556. The van der Waals surface area contributed by atoms with E-state index in [9.17, 15) is 0 Å². The Morgan fingerprint density at radius 1 is 0.960 bits per heavy atom. The van der Waals surface area contributed by atoms with Crippen LogP contribution in [-0.4, -0.2) is 22.1 Å². The normalized spacial score (nSPS) is 10.8. The van der Waals surface area contributed by atoms with Gasteiger partial charge in [-0.2, -0.15) is 0 Å². The third-order valence-corrected chi connectivity index (χ3v) is 3.67. The van der Waals surface area contributed by atoms with Crippen molar-refractivity contribution >= 4 is 5.95 Å². The molecule has 0 aliphatic rings. The third-order valence-electron chi connectivity index (χ3n) is 3.67. The lowest BCUT2D eigenvalue weighted by Gasteiger charge is -2.12. The highest BCUT2D eigenvalue weighted by atomic mass is 16.5. The van der Waals surface area contributed by atoms with Crippen molar-refractivity contribution in [1.29, 1.82) is 0 Å². The van der Waals surface area contributed by atoms with Gasteiger partial charge in [0, 0.05) is 17.8 Å². The van der Waals surface area contributed by atoms with Crippen molar-refractivity contribution in [2.24, 2.45) is 0 Å². The fourth-order valence-electron chi connectivity index (χ4n) is 2.61. The number of aromatic nitrogens is 3. The lowest BCUT2D eigenvalue weighted by molar-refractivity contribution is 0.398. The van der Waals surface area contributed by atoms with Gasteiger partial charge in [0.05, 0.1) is 19.6 Å². The molecule has 0 unspecified atom stereocenters. The number of furan rings is 2. The van der Waals surface area contributed by atoms with Crippen LogP contribution in [0.3, 0.4) is 0 Å². The molecule has 2 N–H and O–H groups in total. The molecule has 7 nitrogen and oxygen atoms in total. The molecule has 0 aliphatic carbocycles. The van der Waals surface area contributed by atoms with E-state index in [0.717, 1.165) is 11.1 Å². The molecule has 0 saturated heterocycles. The van der Waals surface area contributed by atoms with Gasteiger partial charge in [-0.25, -0.2) is 15.0 Å². The van der Waals surface area contributed by atoms with Gasteiger partial charge in [-0.1, -0.05) is 0 Å². The van der Waals surface area contributed by atoms with Gasteiger partial charge in [0.15, 0.2) is 11.5 Å². The minimum absolute atomic E-state index is 0.127. The summed E-state index contributed by atoms with van der Waals surface area (Å²) in [4.78, 5) is 12.9. The van der Waals surface area contributed by atoms with E-state index in [-0.39, 0.29) is 5.95 Å². The summed E-state index contributed by atoms with van der Waals surface area (Å²) in [5, 5.41) is 0. The number of pyridine rings is 1. The molecule has 0 aliphatic heterocycles. The maximum Gasteiger partial charge on any atom is 0.221 e. The Balaban J connectivity index is 2.05.